The molecular formula is C18H21ClN4O2. The van der Waals surface area contributed by atoms with E-state index in [0.29, 0.717) is 29.6 Å². The van der Waals surface area contributed by atoms with E-state index in [1.807, 2.05) is 24.0 Å². The molecule has 6 nitrogen and oxygen atoms in total. The minimum Gasteiger partial charge on any atom is -0.326 e. The number of halogens is 1. The minimum atomic E-state index is -0.135. The lowest BCUT2D eigenvalue weighted by Gasteiger charge is -2.20. The minimum absolute atomic E-state index is 0.117. The molecule has 1 aromatic heterocycles. The summed E-state index contributed by atoms with van der Waals surface area (Å²) in [6.07, 6.45) is 1.64. The Labute approximate surface area is 152 Å². The molecule has 0 radical (unpaired) electrons. The topological polar surface area (TPSA) is 74.3 Å². The predicted molar refractivity (Wildman–Crippen MR) is 99.6 cm³/mol. The molecule has 0 bridgehead atoms. The summed E-state index contributed by atoms with van der Waals surface area (Å²) in [5.74, 6) is -0.251. The summed E-state index contributed by atoms with van der Waals surface area (Å²) >= 11 is 6.07. The van der Waals surface area contributed by atoms with Gasteiger partial charge in [0.25, 0.3) is 0 Å². The molecule has 2 amide bonds. The van der Waals surface area contributed by atoms with Gasteiger partial charge in [-0.3, -0.25) is 14.5 Å². The van der Waals surface area contributed by atoms with Gasteiger partial charge in [-0.2, -0.15) is 0 Å². The van der Waals surface area contributed by atoms with E-state index in [2.05, 4.69) is 15.6 Å². The third kappa shape index (κ3) is 6.17. The molecule has 1 aromatic carbocycles. The zero-order valence-corrected chi connectivity index (χ0v) is 15.0. The zero-order chi connectivity index (χ0) is 18.2. The Morgan fingerprint density at radius 1 is 1.12 bits per heavy atom. The first-order valence-corrected chi connectivity index (χ1v) is 8.35. The molecule has 0 unspecified atom stereocenters. The molecule has 132 valence electrons. The van der Waals surface area contributed by atoms with Crippen LogP contribution in [-0.2, 0) is 16.1 Å². The van der Waals surface area contributed by atoms with Crippen LogP contribution >= 0.6 is 11.6 Å². The van der Waals surface area contributed by atoms with Crippen molar-refractivity contribution < 1.29 is 9.59 Å². The maximum absolute atomic E-state index is 12.2. The highest BCUT2D eigenvalue weighted by atomic mass is 35.5. The quantitative estimate of drug-likeness (QED) is 0.744. The number of rotatable bonds is 7. The van der Waals surface area contributed by atoms with Crippen molar-refractivity contribution >= 4 is 34.8 Å². The van der Waals surface area contributed by atoms with Crippen molar-refractivity contribution in [2.75, 3.05) is 23.7 Å². The van der Waals surface area contributed by atoms with E-state index in [9.17, 15) is 9.59 Å². The van der Waals surface area contributed by atoms with Crippen LogP contribution in [0.5, 0.6) is 0 Å². The molecule has 25 heavy (non-hydrogen) atoms. The number of aromatic nitrogens is 1. The van der Waals surface area contributed by atoms with Crippen molar-refractivity contribution in [3.05, 3.63) is 53.3 Å². The highest BCUT2D eigenvalue weighted by Crippen LogP contribution is 2.15. The lowest BCUT2D eigenvalue weighted by molar-refractivity contribution is -0.117. The Kier molecular flexibility index (Phi) is 6.91. The molecule has 2 rings (SSSR count). The lowest BCUT2D eigenvalue weighted by atomic mass is 10.2. The maximum Gasteiger partial charge on any atom is 0.238 e. The molecule has 1 heterocycles. The highest BCUT2D eigenvalue weighted by molar-refractivity contribution is 6.30. The Bertz CT molecular complexity index is 734. The number of pyridine rings is 1. The number of anilines is 2. The van der Waals surface area contributed by atoms with Crippen LogP contribution in [0.15, 0.2) is 42.6 Å². The number of benzene rings is 1. The highest BCUT2D eigenvalue weighted by Gasteiger charge is 2.12. The van der Waals surface area contributed by atoms with Crippen molar-refractivity contribution in [1.29, 1.82) is 0 Å². The first kappa shape index (κ1) is 18.9. The van der Waals surface area contributed by atoms with Gasteiger partial charge in [0.05, 0.1) is 6.54 Å². The van der Waals surface area contributed by atoms with E-state index in [-0.39, 0.29) is 18.4 Å². The van der Waals surface area contributed by atoms with Crippen molar-refractivity contribution in [2.24, 2.45) is 0 Å². The first-order chi connectivity index (χ1) is 12.0. The molecule has 7 heteroatoms. The summed E-state index contributed by atoms with van der Waals surface area (Å²) in [5.41, 5.74) is 2.25. The van der Waals surface area contributed by atoms with Gasteiger partial charge >= 0.3 is 0 Å². The van der Waals surface area contributed by atoms with Crippen LogP contribution in [0, 0.1) is 0 Å². The van der Waals surface area contributed by atoms with Gasteiger partial charge in [0.2, 0.25) is 11.8 Å². The van der Waals surface area contributed by atoms with E-state index in [0.717, 1.165) is 5.56 Å². The van der Waals surface area contributed by atoms with E-state index in [1.54, 1.807) is 30.5 Å². The third-order valence-corrected chi connectivity index (χ3v) is 3.87. The number of carbonyl (C=O) groups excluding carboxylic acids is 2. The Hall–Kier alpha value is -2.44. The molecule has 0 aliphatic carbocycles. The molecular weight excluding hydrogens is 340 g/mol. The fraction of sp³-hybridized carbons (Fsp3) is 0.278. The molecule has 0 fully saturated rings. The SMILES string of the molecule is CCN(CC(=O)Nc1ccc(NC(C)=O)cc1)Cc1cccnc1Cl. The lowest BCUT2D eigenvalue weighted by Crippen LogP contribution is -2.32. The average Bonchev–Trinajstić information content (AvgIpc) is 2.57. The van der Waals surface area contributed by atoms with Crippen molar-refractivity contribution in [2.45, 2.75) is 20.4 Å². The second-order valence-electron chi connectivity index (χ2n) is 5.56. The molecule has 2 N–H and O–H groups in total. The predicted octanol–water partition coefficient (Wildman–Crippen LogP) is 3.15. The van der Waals surface area contributed by atoms with Crippen LogP contribution in [0.25, 0.3) is 0 Å². The summed E-state index contributed by atoms with van der Waals surface area (Å²) in [6.45, 7) is 4.94. The Morgan fingerprint density at radius 2 is 1.76 bits per heavy atom. The fourth-order valence-corrected chi connectivity index (χ4v) is 2.48. The second-order valence-corrected chi connectivity index (χ2v) is 5.92. The van der Waals surface area contributed by atoms with Crippen molar-refractivity contribution in [1.82, 2.24) is 9.88 Å². The Morgan fingerprint density at radius 3 is 2.32 bits per heavy atom. The van der Waals surface area contributed by atoms with Crippen LogP contribution < -0.4 is 10.6 Å². The van der Waals surface area contributed by atoms with Gasteiger partial charge < -0.3 is 10.6 Å². The molecule has 2 aromatic rings. The molecule has 0 aliphatic heterocycles. The van der Waals surface area contributed by atoms with Crippen LogP contribution in [0.3, 0.4) is 0 Å². The van der Waals surface area contributed by atoms with E-state index in [1.165, 1.54) is 6.92 Å². The summed E-state index contributed by atoms with van der Waals surface area (Å²) in [7, 11) is 0. The molecule has 0 spiro atoms. The fourth-order valence-electron chi connectivity index (χ4n) is 2.30. The Balaban J connectivity index is 1.91. The average molecular weight is 361 g/mol. The second kappa shape index (κ2) is 9.15. The van der Waals surface area contributed by atoms with Gasteiger partial charge in [0.15, 0.2) is 0 Å². The normalized spacial score (nSPS) is 10.6. The number of nitrogens with zero attached hydrogens (tertiary/aromatic N) is 2. The summed E-state index contributed by atoms with van der Waals surface area (Å²) in [5, 5.41) is 5.98. The van der Waals surface area contributed by atoms with Crippen LogP contribution in [0.4, 0.5) is 11.4 Å². The van der Waals surface area contributed by atoms with Gasteiger partial charge in [-0.15, -0.1) is 0 Å². The van der Waals surface area contributed by atoms with Crippen LogP contribution in [-0.4, -0.2) is 34.8 Å². The van der Waals surface area contributed by atoms with Crippen LogP contribution in [0.2, 0.25) is 5.15 Å². The van der Waals surface area contributed by atoms with Gasteiger partial charge in [-0.05, 0) is 36.9 Å². The number of hydrogen-bond acceptors (Lipinski definition) is 4. The van der Waals surface area contributed by atoms with Gasteiger partial charge in [-0.25, -0.2) is 4.98 Å². The largest absolute Gasteiger partial charge is 0.326 e. The number of hydrogen-bond donors (Lipinski definition) is 2. The van der Waals surface area contributed by atoms with E-state index < -0.39 is 0 Å². The summed E-state index contributed by atoms with van der Waals surface area (Å²) in [6, 6.07) is 10.7. The molecule has 0 atom stereocenters. The van der Waals surface area contributed by atoms with E-state index >= 15 is 0 Å². The standard InChI is InChI=1S/C18H21ClN4O2/c1-3-23(11-14-5-4-10-20-18(14)19)12-17(25)22-16-8-6-15(7-9-16)21-13(2)24/h4-10H,3,11-12H2,1-2H3,(H,21,24)(H,22,25). The van der Waals surface area contributed by atoms with Crippen LogP contribution in [0.1, 0.15) is 19.4 Å². The summed E-state index contributed by atoms with van der Waals surface area (Å²) < 4.78 is 0. The van der Waals surface area contributed by atoms with Gasteiger partial charge in [-0.1, -0.05) is 24.6 Å². The molecule has 0 saturated carbocycles. The van der Waals surface area contributed by atoms with Crippen molar-refractivity contribution in [3.8, 4) is 0 Å². The first-order valence-electron chi connectivity index (χ1n) is 7.97. The van der Waals surface area contributed by atoms with E-state index in [4.69, 9.17) is 11.6 Å². The zero-order valence-electron chi connectivity index (χ0n) is 14.3. The number of amides is 2. The monoisotopic (exact) mass is 360 g/mol. The third-order valence-electron chi connectivity index (χ3n) is 3.53. The van der Waals surface area contributed by atoms with Gasteiger partial charge in [0, 0.05) is 36.6 Å². The molecule has 0 aliphatic rings. The number of nitrogens with one attached hydrogen (secondary N) is 2. The number of carbonyl (C=O) groups is 2. The summed E-state index contributed by atoms with van der Waals surface area (Å²) in [4.78, 5) is 29.3. The van der Waals surface area contributed by atoms with Gasteiger partial charge in [0.1, 0.15) is 5.15 Å². The number of likely N-dealkylation sites (N-methyl/N-ethyl adjacent to an activating group) is 1. The smallest absolute Gasteiger partial charge is 0.238 e. The maximum atomic E-state index is 12.2. The van der Waals surface area contributed by atoms with Crippen molar-refractivity contribution in [3.63, 3.8) is 0 Å². The molecule has 0 saturated heterocycles.